The molecule has 168 valence electrons. The molecule has 3 rings (SSSR count). The fourth-order valence-electron chi connectivity index (χ4n) is 2.87. The Morgan fingerprint density at radius 3 is 2.34 bits per heavy atom. The van der Waals surface area contributed by atoms with Crippen molar-refractivity contribution in [2.24, 2.45) is 0 Å². The first-order chi connectivity index (χ1) is 15.2. The molecule has 1 heterocycles. The topological polar surface area (TPSA) is 130 Å². The van der Waals surface area contributed by atoms with Crippen LogP contribution in [-0.2, 0) is 10.0 Å². The van der Waals surface area contributed by atoms with Crippen LogP contribution in [0.2, 0.25) is 0 Å². The highest BCUT2D eigenvalue weighted by Gasteiger charge is 2.13. The molecular formula is C21H24N6O4S. The lowest BCUT2D eigenvalue weighted by molar-refractivity contribution is -0.384. The lowest BCUT2D eigenvalue weighted by Gasteiger charge is -2.11. The first kappa shape index (κ1) is 23.3. The molecule has 0 amide bonds. The second-order valence-corrected chi connectivity index (χ2v) is 9.04. The number of nitro groups is 1. The number of nitrogens with zero attached hydrogens (tertiary/aromatic N) is 4. The van der Waals surface area contributed by atoms with Gasteiger partial charge in [-0.25, -0.2) is 23.1 Å². The number of sulfonamides is 1. The van der Waals surface area contributed by atoms with Gasteiger partial charge in [0.15, 0.2) is 0 Å². The van der Waals surface area contributed by atoms with Crippen molar-refractivity contribution in [1.29, 1.82) is 0 Å². The van der Waals surface area contributed by atoms with E-state index >= 15 is 0 Å². The Morgan fingerprint density at radius 2 is 1.72 bits per heavy atom. The van der Waals surface area contributed by atoms with E-state index in [-0.39, 0.29) is 10.6 Å². The van der Waals surface area contributed by atoms with E-state index in [9.17, 15) is 18.5 Å². The molecule has 10 nitrogen and oxygen atoms in total. The average molecular weight is 457 g/mol. The number of rotatable bonds is 10. The maximum atomic E-state index is 12.4. The van der Waals surface area contributed by atoms with Gasteiger partial charge in [0.25, 0.3) is 5.69 Å². The van der Waals surface area contributed by atoms with E-state index in [0.29, 0.717) is 35.9 Å². The van der Waals surface area contributed by atoms with Gasteiger partial charge >= 0.3 is 0 Å². The zero-order valence-corrected chi connectivity index (χ0v) is 18.5. The molecule has 0 radical (unpaired) electrons. The van der Waals surface area contributed by atoms with Crippen LogP contribution in [0.5, 0.6) is 0 Å². The van der Waals surface area contributed by atoms with Crippen molar-refractivity contribution in [2.75, 3.05) is 32.5 Å². The van der Waals surface area contributed by atoms with E-state index in [1.807, 2.05) is 19.0 Å². The van der Waals surface area contributed by atoms with Gasteiger partial charge in [0.2, 0.25) is 16.0 Å². The largest absolute Gasteiger partial charge is 0.324 e. The standard InChI is InChI=1S/C21H24N6O4S/c1-26(2)15-3-13-23-32(30,31)19-10-6-17(7-11-19)24-21-22-14-12-20(25-21)16-4-8-18(9-5-16)27(28)29/h4-12,14,23H,3,13,15H2,1-2H3,(H,22,24,25). The third-order valence-corrected chi connectivity index (χ3v) is 6.00. The summed E-state index contributed by atoms with van der Waals surface area (Å²) < 4.78 is 27.4. The summed E-state index contributed by atoms with van der Waals surface area (Å²) in [4.78, 5) is 21.1. The molecule has 2 N–H and O–H groups in total. The first-order valence-electron chi connectivity index (χ1n) is 9.84. The minimum absolute atomic E-state index is 0.00314. The molecule has 1 aromatic heterocycles. The number of non-ortho nitro benzene ring substituents is 1. The van der Waals surface area contributed by atoms with Crippen molar-refractivity contribution >= 4 is 27.3 Å². The number of hydrogen-bond donors (Lipinski definition) is 2. The van der Waals surface area contributed by atoms with E-state index in [1.165, 1.54) is 24.3 Å². The second-order valence-electron chi connectivity index (χ2n) is 7.27. The van der Waals surface area contributed by atoms with Gasteiger partial charge in [0.1, 0.15) is 0 Å². The van der Waals surface area contributed by atoms with Gasteiger partial charge in [-0.2, -0.15) is 0 Å². The molecule has 0 atom stereocenters. The normalized spacial score (nSPS) is 11.5. The minimum Gasteiger partial charge on any atom is -0.324 e. The van der Waals surface area contributed by atoms with Gasteiger partial charge in [-0.15, -0.1) is 0 Å². The molecule has 0 saturated heterocycles. The van der Waals surface area contributed by atoms with Crippen molar-refractivity contribution in [3.8, 4) is 11.3 Å². The Labute approximate surface area is 186 Å². The summed E-state index contributed by atoms with van der Waals surface area (Å²) >= 11 is 0. The van der Waals surface area contributed by atoms with Crippen LogP contribution in [0.3, 0.4) is 0 Å². The first-order valence-corrected chi connectivity index (χ1v) is 11.3. The van der Waals surface area contributed by atoms with Crippen LogP contribution in [-0.4, -0.2) is 55.4 Å². The monoisotopic (exact) mass is 456 g/mol. The Hall–Kier alpha value is -3.41. The van der Waals surface area contributed by atoms with Gasteiger partial charge in [0, 0.05) is 36.1 Å². The molecule has 0 saturated carbocycles. The number of nitro benzene ring substituents is 1. The summed E-state index contributed by atoms with van der Waals surface area (Å²) in [7, 11) is 0.296. The molecule has 3 aromatic rings. The zero-order valence-electron chi connectivity index (χ0n) is 17.7. The van der Waals surface area contributed by atoms with Gasteiger partial charge < -0.3 is 10.2 Å². The van der Waals surface area contributed by atoms with E-state index in [4.69, 9.17) is 0 Å². The van der Waals surface area contributed by atoms with Crippen LogP contribution < -0.4 is 10.0 Å². The van der Waals surface area contributed by atoms with E-state index in [0.717, 1.165) is 6.54 Å². The fourth-order valence-corrected chi connectivity index (χ4v) is 3.94. The smallest absolute Gasteiger partial charge is 0.269 e. The Bertz CT molecular complexity index is 1170. The third kappa shape index (κ3) is 6.30. The molecule has 0 bridgehead atoms. The molecule has 0 aliphatic heterocycles. The molecule has 2 aromatic carbocycles. The van der Waals surface area contributed by atoms with E-state index in [1.54, 1.807) is 36.5 Å². The summed E-state index contributed by atoms with van der Waals surface area (Å²) in [6, 6.07) is 14.1. The Morgan fingerprint density at radius 1 is 1.03 bits per heavy atom. The highest BCUT2D eigenvalue weighted by molar-refractivity contribution is 7.89. The fraction of sp³-hybridized carbons (Fsp3) is 0.238. The van der Waals surface area contributed by atoms with Crippen molar-refractivity contribution in [3.05, 3.63) is 70.9 Å². The maximum Gasteiger partial charge on any atom is 0.269 e. The number of hydrogen-bond acceptors (Lipinski definition) is 8. The lowest BCUT2D eigenvalue weighted by Crippen LogP contribution is -2.27. The molecule has 32 heavy (non-hydrogen) atoms. The van der Waals surface area contributed by atoms with Gasteiger partial charge in [0.05, 0.1) is 15.5 Å². The summed E-state index contributed by atoms with van der Waals surface area (Å²) in [5.41, 5.74) is 1.93. The highest BCUT2D eigenvalue weighted by Crippen LogP contribution is 2.22. The van der Waals surface area contributed by atoms with Crippen LogP contribution in [0.1, 0.15) is 6.42 Å². The van der Waals surface area contributed by atoms with Crippen molar-refractivity contribution in [2.45, 2.75) is 11.3 Å². The van der Waals surface area contributed by atoms with Gasteiger partial charge in [-0.3, -0.25) is 10.1 Å². The molecule has 0 aliphatic rings. The van der Waals surface area contributed by atoms with Crippen molar-refractivity contribution < 1.29 is 13.3 Å². The van der Waals surface area contributed by atoms with Crippen LogP contribution in [0.25, 0.3) is 11.3 Å². The number of nitrogens with one attached hydrogen (secondary N) is 2. The quantitative estimate of drug-likeness (QED) is 0.270. The average Bonchev–Trinajstić information content (AvgIpc) is 2.77. The molecular weight excluding hydrogens is 432 g/mol. The Balaban J connectivity index is 1.66. The molecule has 0 unspecified atom stereocenters. The number of aromatic nitrogens is 2. The summed E-state index contributed by atoms with van der Waals surface area (Å²) in [5, 5.41) is 13.8. The highest BCUT2D eigenvalue weighted by atomic mass is 32.2. The number of anilines is 2. The number of benzene rings is 2. The van der Waals surface area contributed by atoms with Gasteiger partial charge in [-0.1, -0.05) is 0 Å². The third-order valence-electron chi connectivity index (χ3n) is 4.52. The van der Waals surface area contributed by atoms with Crippen LogP contribution in [0.15, 0.2) is 65.7 Å². The summed E-state index contributed by atoms with van der Waals surface area (Å²) in [5.74, 6) is 0.318. The van der Waals surface area contributed by atoms with Crippen LogP contribution >= 0.6 is 0 Å². The van der Waals surface area contributed by atoms with Crippen LogP contribution in [0.4, 0.5) is 17.3 Å². The van der Waals surface area contributed by atoms with Crippen LogP contribution in [0, 0.1) is 10.1 Å². The molecule has 0 spiro atoms. The van der Waals surface area contributed by atoms with Crippen molar-refractivity contribution in [1.82, 2.24) is 19.6 Å². The SMILES string of the molecule is CN(C)CCCNS(=O)(=O)c1ccc(Nc2nccc(-c3ccc([N+](=O)[O-])cc3)n2)cc1. The van der Waals surface area contributed by atoms with E-state index < -0.39 is 14.9 Å². The zero-order chi connectivity index (χ0) is 23.1. The maximum absolute atomic E-state index is 12.4. The van der Waals surface area contributed by atoms with Gasteiger partial charge in [-0.05, 0) is 69.5 Å². The lowest BCUT2D eigenvalue weighted by atomic mass is 10.1. The predicted molar refractivity (Wildman–Crippen MR) is 122 cm³/mol. The summed E-state index contributed by atoms with van der Waals surface area (Å²) in [6.45, 7) is 1.16. The molecule has 11 heteroatoms. The van der Waals surface area contributed by atoms with E-state index in [2.05, 4.69) is 20.0 Å². The summed E-state index contributed by atoms with van der Waals surface area (Å²) in [6.07, 6.45) is 2.29. The Kier molecular flexibility index (Phi) is 7.46. The second kappa shape index (κ2) is 10.3. The predicted octanol–water partition coefficient (Wildman–Crippen LogP) is 3.03. The molecule has 0 aliphatic carbocycles. The minimum atomic E-state index is -3.58. The molecule has 0 fully saturated rings. The van der Waals surface area contributed by atoms with Crippen molar-refractivity contribution in [3.63, 3.8) is 0 Å².